The maximum atomic E-state index is 12.8. The summed E-state index contributed by atoms with van der Waals surface area (Å²) in [4.78, 5) is 27.8. The van der Waals surface area contributed by atoms with Crippen LogP contribution in [-0.4, -0.2) is 45.3 Å². The number of fused-ring (bicyclic) bond motifs is 4. The van der Waals surface area contributed by atoms with E-state index in [0.717, 1.165) is 5.56 Å². The van der Waals surface area contributed by atoms with Crippen LogP contribution in [0.1, 0.15) is 12.5 Å². The van der Waals surface area contributed by atoms with E-state index in [1.807, 2.05) is 37.3 Å². The summed E-state index contributed by atoms with van der Waals surface area (Å²) in [5, 5.41) is 0. The summed E-state index contributed by atoms with van der Waals surface area (Å²) in [7, 11) is 4.83. The Morgan fingerprint density at radius 1 is 1.30 bits per heavy atom. The molecule has 0 spiro atoms. The second-order valence-corrected chi connectivity index (χ2v) is 7.92. The Morgan fingerprint density at radius 2 is 2.00 bits per heavy atom. The summed E-state index contributed by atoms with van der Waals surface area (Å²) < 4.78 is 0. The van der Waals surface area contributed by atoms with Crippen molar-refractivity contribution in [3.63, 3.8) is 0 Å². The highest BCUT2D eigenvalue weighted by Crippen LogP contribution is 2.47. The Labute approximate surface area is 126 Å². The summed E-state index contributed by atoms with van der Waals surface area (Å²) in [6, 6.07) is 9.49. The fraction of sp³-hybridized carbons (Fsp3) is 0.429. The first-order valence-corrected chi connectivity index (χ1v) is 8.79. The highest BCUT2D eigenvalue weighted by Gasteiger charge is 2.55. The Hall–Kier alpha value is -1.14. The SMILES string of the molecule is CN1C(=O)C2CSSC1(C)C(=O)N2Cc1ccccc1. The van der Waals surface area contributed by atoms with E-state index in [4.69, 9.17) is 0 Å². The minimum atomic E-state index is -0.788. The third kappa shape index (κ3) is 2.02. The third-order valence-electron chi connectivity index (χ3n) is 3.93. The van der Waals surface area contributed by atoms with Crippen LogP contribution in [0.3, 0.4) is 0 Å². The van der Waals surface area contributed by atoms with Gasteiger partial charge < -0.3 is 9.80 Å². The molecule has 3 saturated heterocycles. The maximum Gasteiger partial charge on any atom is 0.260 e. The van der Waals surface area contributed by atoms with Crippen LogP contribution in [0.5, 0.6) is 0 Å². The molecule has 1 aromatic carbocycles. The van der Waals surface area contributed by atoms with Gasteiger partial charge in [-0.2, -0.15) is 0 Å². The molecule has 106 valence electrons. The van der Waals surface area contributed by atoms with Gasteiger partial charge in [-0.25, -0.2) is 0 Å². The fourth-order valence-electron chi connectivity index (χ4n) is 2.55. The topological polar surface area (TPSA) is 40.6 Å². The number of amides is 2. The molecule has 2 bridgehead atoms. The molecular weight excluding hydrogens is 292 g/mol. The van der Waals surface area contributed by atoms with Gasteiger partial charge in [0, 0.05) is 19.3 Å². The average Bonchev–Trinajstić information content (AvgIpc) is 2.65. The molecule has 0 saturated carbocycles. The molecule has 2 amide bonds. The monoisotopic (exact) mass is 308 g/mol. The molecule has 4 rings (SSSR count). The number of hydrogen-bond acceptors (Lipinski definition) is 4. The van der Waals surface area contributed by atoms with Crippen molar-refractivity contribution >= 4 is 33.4 Å². The van der Waals surface area contributed by atoms with E-state index >= 15 is 0 Å². The molecule has 1 aromatic rings. The van der Waals surface area contributed by atoms with Crippen molar-refractivity contribution in [1.29, 1.82) is 0 Å². The highest BCUT2D eigenvalue weighted by atomic mass is 33.1. The first-order chi connectivity index (χ1) is 9.54. The summed E-state index contributed by atoms with van der Waals surface area (Å²) in [6.07, 6.45) is 0. The predicted octanol–water partition coefficient (Wildman–Crippen LogP) is 1.97. The zero-order chi connectivity index (χ0) is 14.3. The molecule has 3 fully saturated rings. The second kappa shape index (κ2) is 5.00. The standard InChI is InChI=1S/C14H16N2O2S2/c1-14-13(18)16(8-10-6-4-3-5-7-10)11(9-19-20-14)12(17)15(14)2/h3-7,11H,8-9H2,1-2H3. The normalized spacial score (nSPS) is 29.8. The summed E-state index contributed by atoms with van der Waals surface area (Å²) in [5.41, 5.74) is 1.06. The van der Waals surface area contributed by atoms with Crippen molar-refractivity contribution in [2.45, 2.75) is 24.4 Å². The van der Waals surface area contributed by atoms with Gasteiger partial charge in [-0.05, 0) is 12.5 Å². The van der Waals surface area contributed by atoms with E-state index < -0.39 is 4.87 Å². The molecule has 3 aliphatic heterocycles. The van der Waals surface area contributed by atoms with Crippen molar-refractivity contribution in [2.75, 3.05) is 12.8 Å². The van der Waals surface area contributed by atoms with Gasteiger partial charge in [-0.1, -0.05) is 51.9 Å². The van der Waals surface area contributed by atoms with Crippen molar-refractivity contribution in [3.8, 4) is 0 Å². The number of rotatable bonds is 2. The van der Waals surface area contributed by atoms with Crippen LogP contribution in [0.15, 0.2) is 30.3 Å². The van der Waals surface area contributed by atoms with Crippen LogP contribution in [0.2, 0.25) is 0 Å². The average molecular weight is 308 g/mol. The van der Waals surface area contributed by atoms with Crippen LogP contribution in [-0.2, 0) is 16.1 Å². The van der Waals surface area contributed by atoms with Crippen LogP contribution < -0.4 is 0 Å². The number of likely N-dealkylation sites (N-methyl/N-ethyl adjacent to an activating group) is 1. The van der Waals surface area contributed by atoms with Gasteiger partial charge in [0.05, 0.1) is 0 Å². The molecule has 3 aliphatic rings. The molecule has 2 atom stereocenters. The van der Waals surface area contributed by atoms with Gasteiger partial charge in [-0.3, -0.25) is 9.59 Å². The molecule has 0 aliphatic carbocycles. The summed E-state index contributed by atoms with van der Waals surface area (Å²) in [6.45, 7) is 2.34. The number of carbonyl (C=O) groups excluding carboxylic acids is 2. The summed E-state index contributed by atoms with van der Waals surface area (Å²) >= 11 is 0. The molecule has 2 unspecified atom stereocenters. The van der Waals surface area contributed by atoms with Gasteiger partial charge in [0.1, 0.15) is 6.04 Å². The van der Waals surface area contributed by atoms with Crippen LogP contribution >= 0.6 is 21.6 Å². The Kier molecular flexibility index (Phi) is 3.46. The van der Waals surface area contributed by atoms with E-state index in [9.17, 15) is 9.59 Å². The molecule has 3 heterocycles. The molecule has 0 aromatic heterocycles. The molecule has 20 heavy (non-hydrogen) atoms. The zero-order valence-corrected chi connectivity index (χ0v) is 13.0. The van der Waals surface area contributed by atoms with Crippen molar-refractivity contribution in [1.82, 2.24) is 9.80 Å². The number of benzene rings is 1. The third-order valence-corrected chi connectivity index (χ3v) is 7.01. The van der Waals surface area contributed by atoms with Crippen LogP contribution in [0, 0.1) is 0 Å². The Balaban J connectivity index is 1.95. The minimum Gasteiger partial charge on any atom is -0.323 e. The number of piperazine rings is 1. The van der Waals surface area contributed by atoms with E-state index in [0.29, 0.717) is 12.3 Å². The number of hydrogen-bond donors (Lipinski definition) is 0. The Morgan fingerprint density at radius 3 is 2.70 bits per heavy atom. The molecule has 0 radical (unpaired) electrons. The van der Waals surface area contributed by atoms with Crippen LogP contribution in [0.4, 0.5) is 0 Å². The Bertz CT molecular complexity index is 551. The first kappa shape index (κ1) is 13.8. The fourth-order valence-corrected chi connectivity index (χ4v) is 5.51. The minimum absolute atomic E-state index is 0.0310. The lowest BCUT2D eigenvalue weighted by Gasteiger charge is -2.45. The van der Waals surface area contributed by atoms with E-state index in [1.54, 1.807) is 27.6 Å². The lowest BCUT2D eigenvalue weighted by molar-refractivity contribution is -0.160. The quantitative estimate of drug-likeness (QED) is 0.783. The molecule has 0 N–H and O–H groups in total. The lowest BCUT2D eigenvalue weighted by atomic mass is 10.1. The highest BCUT2D eigenvalue weighted by molar-refractivity contribution is 8.77. The second-order valence-electron chi connectivity index (χ2n) is 5.18. The van der Waals surface area contributed by atoms with Crippen molar-refractivity contribution in [3.05, 3.63) is 35.9 Å². The lowest BCUT2D eigenvalue weighted by Crippen LogP contribution is -2.66. The maximum absolute atomic E-state index is 12.8. The van der Waals surface area contributed by atoms with Crippen LogP contribution in [0.25, 0.3) is 0 Å². The van der Waals surface area contributed by atoms with Gasteiger partial charge in [-0.15, -0.1) is 0 Å². The smallest absolute Gasteiger partial charge is 0.260 e. The first-order valence-electron chi connectivity index (χ1n) is 6.47. The van der Waals surface area contributed by atoms with E-state index in [2.05, 4.69) is 0 Å². The predicted molar refractivity (Wildman–Crippen MR) is 82.0 cm³/mol. The molecule has 4 nitrogen and oxygen atoms in total. The van der Waals surface area contributed by atoms with E-state index in [1.165, 1.54) is 10.8 Å². The molecular formula is C14H16N2O2S2. The van der Waals surface area contributed by atoms with E-state index in [-0.39, 0.29) is 17.9 Å². The number of nitrogens with zero attached hydrogens (tertiary/aromatic N) is 2. The largest absolute Gasteiger partial charge is 0.323 e. The van der Waals surface area contributed by atoms with Gasteiger partial charge >= 0.3 is 0 Å². The molecule has 6 heteroatoms. The van der Waals surface area contributed by atoms with Gasteiger partial charge in [0.25, 0.3) is 5.91 Å². The van der Waals surface area contributed by atoms with Gasteiger partial charge in [0.2, 0.25) is 5.91 Å². The summed E-state index contributed by atoms with van der Waals surface area (Å²) in [5.74, 6) is 0.728. The van der Waals surface area contributed by atoms with Crippen molar-refractivity contribution < 1.29 is 9.59 Å². The number of carbonyl (C=O) groups is 2. The van der Waals surface area contributed by atoms with Gasteiger partial charge in [0.15, 0.2) is 4.87 Å². The zero-order valence-electron chi connectivity index (χ0n) is 11.4. The van der Waals surface area contributed by atoms with Crippen molar-refractivity contribution in [2.24, 2.45) is 0 Å².